The van der Waals surface area contributed by atoms with E-state index in [1.165, 1.54) is 0 Å². The minimum atomic E-state index is 0. The van der Waals surface area contributed by atoms with Gasteiger partial charge in [0.2, 0.25) is 0 Å². The third kappa shape index (κ3) is 38.3. The van der Waals surface area contributed by atoms with Crippen LogP contribution in [0.2, 0.25) is 0 Å². The van der Waals surface area contributed by atoms with Gasteiger partial charge in [-0.1, -0.05) is 7.43 Å². The molecular weight excluding hydrogens is 154 g/mol. The maximum atomic E-state index is 0. The molecule has 0 spiro atoms. The number of hydrogen-bond acceptors (Lipinski definition) is 0. The molecule has 0 fully saturated rings. The molecule has 0 saturated carbocycles. The van der Waals surface area contributed by atoms with Gasteiger partial charge in [-0.05, 0) is 0 Å². The van der Waals surface area contributed by atoms with Gasteiger partial charge in [0.05, 0.1) is 0 Å². The molecule has 5 heavy (non-hydrogen) atoms. The van der Waals surface area contributed by atoms with Gasteiger partial charge in [0.1, 0.15) is 0 Å². The quantitative estimate of drug-likeness (QED) is 0.512. The van der Waals surface area contributed by atoms with E-state index in [1.807, 2.05) is 0 Å². The van der Waals surface area contributed by atoms with Gasteiger partial charge in [-0.25, -0.2) is 0 Å². The normalized spacial score (nSPS) is 0. The van der Waals surface area contributed by atoms with Gasteiger partial charge in [0.15, 0.2) is 0 Å². The van der Waals surface area contributed by atoms with Gasteiger partial charge in [0.25, 0.3) is 0 Å². The van der Waals surface area contributed by atoms with Gasteiger partial charge >= 0.3 is 0 Å². The van der Waals surface area contributed by atoms with E-state index in [1.54, 1.807) is 0 Å². The van der Waals surface area contributed by atoms with Crippen molar-refractivity contribution < 1.29 is 0 Å². The van der Waals surface area contributed by atoms with Crippen LogP contribution in [0.1, 0.15) is 7.43 Å². The highest BCUT2D eigenvalue weighted by Crippen LogP contribution is 0.693. The van der Waals surface area contributed by atoms with E-state index >= 15 is 0 Å². The average molecular weight is 162 g/mol. The van der Waals surface area contributed by atoms with Crippen molar-refractivity contribution in [2.45, 2.75) is 7.43 Å². The van der Waals surface area contributed by atoms with E-state index in [-0.39, 0.29) is 57.1 Å². The predicted octanol–water partition coefficient (Wildman–Crippen LogP) is 2.32. The van der Waals surface area contributed by atoms with Crippen LogP contribution in [-0.2, 0) is 0 Å². The molecule has 0 amide bonds. The maximum Gasteiger partial charge on any atom is -0.0776 e. The predicted molar refractivity (Wildman–Crippen MR) is 35.7 cm³/mol. The molecule has 0 atom stereocenters. The van der Waals surface area contributed by atoms with E-state index in [2.05, 4.69) is 0 Å². The number of halogens is 4. The topological polar surface area (TPSA) is 0 Å². The fourth-order valence-electron chi connectivity index (χ4n) is 0. The van der Waals surface area contributed by atoms with Crippen LogP contribution >= 0.6 is 49.6 Å². The smallest absolute Gasteiger partial charge is 0.0776 e. The van der Waals surface area contributed by atoms with E-state index in [0.717, 1.165) is 0 Å². The van der Waals surface area contributed by atoms with Crippen LogP contribution in [0.5, 0.6) is 0 Å². The zero-order valence-corrected chi connectivity index (χ0v) is 4.90. The van der Waals surface area contributed by atoms with Crippen LogP contribution in [0.3, 0.4) is 0 Å². The summed E-state index contributed by atoms with van der Waals surface area (Å²) in [4.78, 5) is 0. The SMILES string of the molecule is C.Cl.Cl.Cl.Cl. The average Bonchev–Trinajstić information content (AvgIpc) is 0. The van der Waals surface area contributed by atoms with Crippen molar-refractivity contribution >= 4 is 49.6 Å². The Kier molecular flexibility index (Phi) is 1620. The van der Waals surface area contributed by atoms with Crippen LogP contribution in [-0.4, -0.2) is 0 Å². The molecule has 4 heteroatoms. The monoisotopic (exact) mass is 160 g/mol. The molecule has 0 bridgehead atoms. The van der Waals surface area contributed by atoms with Crippen molar-refractivity contribution in [1.29, 1.82) is 0 Å². The molecule has 0 aromatic rings. The summed E-state index contributed by atoms with van der Waals surface area (Å²) in [7, 11) is 0. The van der Waals surface area contributed by atoms with Gasteiger partial charge in [-0.2, -0.15) is 0 Å². The fraction of sp³-hybridized carbons (Fsp3) is 1.00. The molecule has 0 aliphatic carbocycles. The van der Waals surface area contributed by atoms with Crippen molar-refractivity contribution in [3.05, 3.63) is 0 Å². The fourth-order valence-corrected chi connectivity index (χ4v) is 0. The van der Waals surface area contributed by atoms with E-state index in [9.17, 15) is 0 Å². The Morgan fingerprint density at radius 3 is 0.400 bits per heavy atom. The zero-order valence-electron chi connectivity index (χ0n) is 1.63. The van der Waals surface area contributed by atoms with Gasteiger partial charge < -0.3 is 0 Å². The molecule has 0 aliphatic heterocycles. The molecule has 0 nitrogen and oxygen atoms in total. The summed E-state index contributed by atoms with van der Waals surface area (Å²) >= 11 is 0. The summed E-state index contributed by atoms with van der Waals surface area (Å²) in [6.45, 7) is 0. The Balaban J connectivity index is 0. The number of rotatable bonds is 0. The first-order valence-corrected chi connectivity index (χ1v) is 0. The van der Waals surface area contributed by atoms with E-state index < -0.39 is 0 Å². The minimum Gasteiger partial charge on any atom is -0.147 e. The summed E-state index contributed by atoms with van der Waals surface area (Å²) in [6, 6.07) is 0. The largest absolute Gasteiger partial charge is 0.147 e. The minimum absolute atomic E-state index is 0. The van der Waals surface area contributed by atoms with Crippen LogP contribution in [0.15, 0.2) is 0 Å². The lowest BCUT2D eigenvalue weighted by Crippen LogP contribution is 0.144. The highest BCUT2D eigenvalue weighted by Gasteiger charge is -0.0775. The molecule has 0 saturated heterocycles. The van der Waals surface area contributed by atoms with Crippen LogP contribution < -0.4 is 0 Å². The van der Waals surface area contributed by atoms with Crippen LogP contribution in [0.4, 0.5) is 0 Å². The Hall–Kier alpha value is 1.16. The molecular formula is CH8Cl4. The molecule has 0 aromatic carbocycles. The second-order valence-corrected chi connectivity index (χ2v) is 0. The van der Waals surface area contributed by atoms with Crippen molar-refractivity contribution in [3.8, 4) is 0 Å². The van der Waals surface area contributed by atoms with Crippen molar-refractivity contribution in [2.75, 3.05) is 0 Å². The molecule has 0 unspecified atom stereocenters. The standard InChI is InChI=1S/CH4.4ClH/h1H4;4*1H. The molecule has 0 heterocycles. The lowest BCUT2D eigenvalue weighted by atomic mass is 12.0. The van der Waals surface area contributed by atoms with Crippen LogP contribution in [0.25, 0.3) is 0 Å². The van der Waals surface area contributed by atoms with E-state index in [4.69, 9.17) is 0 Å². The molecule has 0 aromatic heterocycles. The lowest BCUT2D eigenvalue weighted by Gasteiger charge is -0.148. The van der Waals surface area contributed by atoms with Crippen LogP contribution in [0, 0.1) is 0 Å². The van der Waals surface area contributed by atoms with E-state index in [0.29, 0.717) is 0 Å². The Morgan fingerprint density at radius 2 is 0.400 bits per heavy atom. The molecule has 40 valence electrons. The second kappa shape index (κ2) is 66.4. The zero-order chi connectivity index (χ0) is 0. The Bertz CT molecular complexity index is 3.61. The first kappa shape index (κ1) is 122. The highest BCUT2D eigenvalue weighted by atomic mass is 35.5. The second-order valence-electron chi connectivity index (χ2n) is 0. The Morgan fingerprint density at radius 1 is 0.400 bits per heavy atom. The Labute approximate surface area is 57.4 Å². The maximum absolute atomic E-state index is 0. The lowest BCUT2D eigenvalue weighted by molar-refractivity contribution is 2.50. The summed E-state index contributed by atoms with van der Waals surface area (Å²) < 4.78 is 0. The number of hydrogen-bond donors (Lipinski definition) is 0. The highest BCUT2D eigenvalue weighted by molar-refractivity contribution is 5.86. The van der Waals surface area contributed by atoms with Crippen molar-refractivity contribution in [3.63, 3.8) is 0 Å². The third-order valence-electron chi connectivity index (χ3n) is 0. The first-order chi connectivity index (χ1) is 0. The summed E-state index contributed by atoms with van der Waals surface area (Å²) in [5, 5.41) is 0. The molecule has 0 N–H and O–H groups in total. The molecule has 0 radical (unpaired) electrons. The summed E-state index contributed by atoms with van der Waals surface area (Å²) in [5.41, 5.74) is 0. The summed E-state index contributed by atoms with van der Waals surface area (Å²) in [5.74, 6) is 0. The van der Waals surface area contributed by atoms with Gasteiger partial charge in [0, 0.05) is 0 Å². The van der Waals surface area contributed by atoms with Gasteiger partial charge in [-0.15, -0.1) is 49.6 Å². The first-order valence-electron chi connectivity index (χ1n) is 0. The van der Waals surface area contributed by atoms with Gasteiger partial charge in [-0.3, -0.25) is 0 Å². The molecule has 0 rings (SSSR count). The summed E-state index contributed by atoms with van der Waals surface area (Å²) in [6.07, 6.45) is 0. The third-order valence-corrected chi connectivity index (χ3v) is 0. The van der Waals surface area contributed by atoms with Crippen molar-refractivity contribution in [1.82, 2.24) is 0 Å². The van der Waals surface area contributed by atoms with Crippen molar-refractivity contribution in [2.24, 2.45) is 0 Å². The molecule has 0 aliphatic rings.